The summed E-state index contributed by atoms with van der Waals surface area (Å²) in [6.45, 7) is 2.51. The van der Waals surface area contributed by atoms with Gasteiger partial charge in [-0.25, -0.2) is 9.97 Å². The Morgan fingerprint density at radius 2 is 2.20 bits per heavy atom. The molecule has 5 heteroatoms. The van der Waals surface area contributed by atoms with Gasteiger partial charge in [-0.05, 0) is 25.1 Å². The van der Waals surface area contributed by atoms with Crippen LogP contribution in [0.15, 0.2) is 36.7 Å². The number of nitrogens with one attached hydrogen (secondary N) is 1. The Kier molecular flexibility index (Phi) is 3.05. The highest BCUT2D eigenvalue weighted by Gasteiger charge is 2.07. The van der Waals surface area contributed by atoms with Gasteiger partial charge in [-0.1, -0.05) is 0 Å². The summed E-state index contributed by atoms with van der Waals surface area (Å²) in [5, 5.41) is 9.80. The van der Waals surface area contributed by atoms with Gasteiger partial charge in [0.1, 0.15) is 11.7 Å². The largest absolute Gasteiger partial charge is 0.478 e. The smallest absolute Gasteiger partial charge is 0.213 e. The van der Waals surface area contributed by atoms with Crippen LogP contribution >= 0.6 is 0 Å². The fourth-order valence-electron chi connectivity index (χ4n) is 2.02. The molecule has 0 saturated carbocycles. The number of aromatic nitrogens is 3. The van der Waals surface area contributed by atoms with Gasteiger partial charge in [0.15, 0.2) is 0 Å². The van der Waals surface area contributed by atoms with Gasteiger partial charge < -0.3 is 9.72 Å². The van der Waals surface area contributed by atoms with E-state index >= 15 is 0 Å². The van der Waals surface area contributed by atoms with Crippen LogP contribution in [0.4, 0.5) is 0 Å². The maximum absolute atomic E-state index is 8.97. The van der Waals surface area contributed by atoms with Crippen LogP contribution in [-0.2, 0) is 0 Å². The van der Waals surface area contributed by atoms with Crippen LogP contribution in [0, 0.1) is 11.3 Å². The molecule has 98 valence electrons. The fourth-order valence-corrected chi connectivity index (χ4v) is 2.02. The van der Waals surface area contributed by atoms with E-state index in [1.807, 2.05) is 31.2 Å². The molecule has 3 heterocycles. The molecule has 0 amide bonds. The molecular weight excluding hydrogens is 252 g/mol. The predicted molar refractivity (Wildman–Crippen MR) is 75.2 cm³/mol. The summed E-state index contributed by atoms with van der Waals surface area (Å²) in [5.74, 6) is 0.601. The Bertz CT molecular complexity index is 784. The quantitative estimate of drug-likeness (QED) is 0.789. The summed E-state index contributed by atoms with van der Waals surface area (Å²) >= 11 is 0. The molecule has 20 heavy (non-hydrogen) atoms. The number of ether oxygens (including phenoxy) is 1. The minimum absolute atomic E-state index is 0.593. The molecule has 0 unspecified atom stereocenters. The molecule has 0 radical (unpaired) electrons. The van der Waals surface area contributed by atoms with Gasteiger partial charge in [0.2, 0.25) is 5.88 Å². The second-order valence-electron chi connectivity index (χ2n) is 4.22. The number of rotatable bonds is 3. The highest BCUT2D eigenvalue weighted by atomic mass is 16.5. The summed E-state index contributed by atoms with van der Waals surface area (Å²) in [6, 6.07) is 9.64. The molecule has 3 rings (SSSR count). The Hall–Kier alpha value is -2.87. The molecule has 0 fully saturated rings. The average molecular weight is 264 g/mol. The number of hydrogen-bond donors (Lipinski definition) is 1. The number of fused-ring (bicyclic) bond motifs is 1. The molecule has 0 aliphatic carbocycles. The van der Waals surface area contributed by atoms with Crippen molar-refractivity contribution in [1.82, 2.24) is 15.0 Å². The number of H-pyrrole nitrogens is 1. The van der Waals surface area contributed by atoms with Crippen LogP contribution in [0.2, 0.25) is 0 Å². The summed E-state index contributed by atoms with van der Waals surface area (Å²) in [5.41, 5.74) is 3.01. The Balaban J connectivity index is 1.99. The third kappa shape index (κ3) is 2.08. The summed E-state index contributed by atoms with van der Waals surface area (Å²) in [4.78, 5) is 11.7. The predicted octanol–water partition coefficient (Wildman–Crippen LogP) is 2.90. The lowest BCUT2D eigenvalue weighted by Gasteiger charge is -2.03. The van der Waals surface area contributed by atoms with E-state index in [4.69, 9.17) is 10.00 Å². The van der Waals surface area contributed by atoms with E-state index in [0.29, 0.717) is 23.7 Å². The second-order valence-corrected chi connectivity index (χ2v) is 4.22. The highest BCUT2D eigenvalue weighted by Crippen LogP contribution is 2.23. The van der Waals surface area contributed by atoms with Crippen molar-refractivity contribution in [1.29, 1.82) is 5.26 Å². The average Bonchev–Trinajstić information content (AvgIpc) is 2.90. The fraction of sp³-hybridized carbons (Fsp3) is 0.133. The lowest BCUT2D eigenvalue weighted by atomic mass is 10.1. The number of nitrogens with zero attached hydrogens (tertiary/aromatic N) is 3. The minimum Gasteiger partial charge on any atom is -0.478 e. The first-order chi connectivity index (χ1) is 9.81. The molecule has 0 spiro atoms. The molecule has 0 bridgehead atoms. The van der Waals surface area contributed by atoms with Crippen LogP contribution in [0.1, 0.15) is 12.5 Å². The Morgan fingerprint density at radius 3 is 2.90 bits per heavy atom. The highest BCUT2D eigenvalue weighted by molar-refractivity contribution is 5.84. The molecular formula is C15H12N4O. The van der Waals surface area contributed by atoms with Crippen LogP contribution < -0.4 is 4.74 Å². The molecule has 0 atom stereocenters. The maximum atomic E-state index is 8.97. The lowest BCUT2D eigenvalue weighted by Crippen LogP contribution is -1.94. The first-order valence-corrected chi connectivity index (χ1v) is 6.29. The van der Waals surface area contributed by atoms with Crippen molar-refractivity contribution < 1.29 is 4.74 Å². The number of pyridine rings is 2. The van der Waals surface area contributed by atoms with Gasteiger partial charge in [-0.2, -0.15) is 5.26 Å². The summed E-state index contributed by atoms with van der Waals surface area (Å²) < 4.78 is 5.31. The molecule has 5 nitrogen and oxygen atoms in total. The van der Waals surface area contributed by atoms with Crippen molar-refractivity contribution in [2.45, 2.75) is 6.92 Å². The first-order valence-electron chi connectivity index (χ1n) is 6.29. The van der Waals surface area contributed by atoms with Gasteiger partial charge in [0.05, 0.1) is 17.9 Å². The zero-order chi connectivity index (χ0) is 13.9. The van der Waals surface area contributed by atoms with Crippen LogP contribution in [0.3, 0.4) is 0 Å². The molecule has 0 aromatic carbocycles. The minimum atomic E-state index is 0.593. The van der Waals surface area contributed by atoms with Crippen molar-refractivity contribution in [2.75, 3.05) is 6.61 Å². The van der Waals surface area contributed by atoms with Crippen molar-refractivity contribution in [3.8, 4) is 23.2 Å². The zero-order valence-corrected chi connectivity index (χ0v) is 10.9. The van der Waals surface area contributed by atoms with E-state index in [1.54, 1.807) is 12.4 Å². The second kappa shape index (κ2) is 5.02. The Morgan fingerprint density at radius 1 is 1.30 bits per heavy atom. The molecule has 0 aliphatic heterocycles. The summed E-state index contributed by atoms with van der Waals surface area (Å²) in [6.07, 6.45) is 3.39. The lowest BCUT2D eigenvalue weighted by molar-refractivity contribution is 0.327. The first kappa shape index (κ1) is 12.2. The van der Waals surface area contributed by atoms with Crippen LogP contribution in [0.25, 0.3) is 22.3 Å². The van der Waals surface area contributed by atoms with E-state index in [-0.39, 0.29) is 0 Å². The van der Waals surface area contributed by atoms with Crippen molar-refractivity contribution >= 4 is 11.0 Å². The topological polar surface area (TPSA) is 74.6 Å². The van der Waals surface area contributed by atoms with Gasteiger partial charge >= 0.3 is 0 Å². The zero-order valence-electron chi connectivity index (χ0n) is 10.9. The van der Waals surface area contributed by atoms with E-state index in [9.17, 15) is 0 Å². The maximum Gasteiger partial charge on any atom is 0.213 e. The standard InChI is InChI=1S/C15H12N4O/c1-2-20-14-6-3-10(8-17-14)13-5-4-12-11(7-16)9-18-15(12)19-13/h3-6,8-9H,2H2,1H3,(H,18,19). The van der Waals surface area contributed by atoms with E-state index < -0.39 is 0 Å². The van der Waals surface area contributed by atoms with Crippen molar-refractivity contribution in [3.63, 3.8) is 0 Å². The summed E-state index contributed by atoms with van der Waals surface area (Å²) in [7, 11) is 0. The third-order valence-electron chi connectivity index (χ3n) is 2.98. The molecule has 0 saturated heterocycles. The van der Waals surface area contributed by atoms with Gasteiger partial charge in [-0.3, -0.25) is 0 Å². The van der Waals surface area contributed by atoms with E-state index in [2.05, 4.69) is 21.0 Å². The van der Waals surface area contributed by atoms with Crippen LogP contribution in [-0.4, -0.2) is 21.6 Å². The molecule has 3 aromatic rings. The SMILES string of the molecule is CCOc1ccc(-c2ccc3c(C#N)c[nH]c3n2)cn1. The monoisotopic (exact) mass is 264 g/mol. The molecule has 3 aromatic heterocycles. The normalized spacial score (nSPS) is 10.4. The number of aromatic amines is 1. The van der Waals surface area contributed by atoms with E-state index in [0.717, 1.165) is 16.6 Å². The van der Waals surface area contributed by atoms with Crippen LogP contribution in [0.5, 0.6) is 5.88 Å². The molecule has 0 aliphatic rings. The number of nitriles is 1. The van der Waals surface area contributed by atoms with Gasteiger partial charge in [0.25, 0.3) is 0 Å². The Labute approximate surface area is 115 Å². The van der Waals surface area contributed by atoms with Gasteiger partial charge in [-0.15, -0.1) is 0 Å². The van der Waals surface area contributed by atoms with Crippen molar-refractivity contribution in [2.24, 2.45) is 0 Å². The third-order valence-corrected chi connectivity index (χ3v) is 2.98. The van der Waals surface area contributed by atoms with Crippen molar-refractivity contribution in [3.05, 3.63) is 42.2 Å². The van der Waals surface area contributed by atoms with E-state index in [1.165, 1.54) is 0 Å². The van der Waals surface area contributed by atoms with Gasteiger partial charge in [0, 0.05) is 29.4 Å². The number of hydrogen-bond acceptors (Lipinski definition) is 4. The molecule has 1 N–H and O–H groups in total.